The summed E-state index contributed by atoms with van der Waals surface area (Å²) in [6.45, 7) is 0. The molecule has 2 fully saturated rings. The van der Waals surface area contributed by atoms with Crippen molar-refractivity contribution in [1.29, 1.82) is 0 Å². The maximum atomic E-state index is 14.2. The molecule has 5 nitrogen and oxygen atoms in total. The Morgan fingerprint density at radius 3 is 2.32 bits per heavy atom. The standard InChI is InChI=1S/C27H18ClFN2O3/c28-21-14-13-18(15-22(21)29)30-26(32)23-24(20-12-6-8-16-7-4-5-11-19(16)20)31(34-25(23)27(30)33)17-9-2-1-3-10-17/h1-15,23-25H. The zero-order valence-electron chi connectivity index (χ0n) is 17.8. The van der Waals surface area contributed by atoms with Gasteiger partial charge in [-0.25, -0.2) is 14.4 Å². The predicted octanol–water partition coefficient (Wildman–Crippen LogP) is 5.68. The zero-order chi connectivity index (χ0) is 23.4. The van der Waals surface area contributed by atoms with Gasteiger partial charge in [0.1, 0.15) is 11.7 Å². The normalized spacial score (nSPS) is 22.0. The number of nitrogens with zero attached hydrogens (tertiary/aromatic N) is 2. The molecule has 0 aromatic heterocycles. The Labute approximate surface area is 199 Å². The van der Waals surface area contributed by atoms with E-state index in [0.29, 0.717) is 0 Å². The minimum atomic E-state index is -1.03. The molecular weight excluding hydrogens is 455 g/mol. The van der Waals surface area contributed by atoms with E-state index >= 15 is 0 Å². The van der Waals surface area contributed by atoms with Crippen LogP contribution in [0.2, 0.25) is 5.02 Å². The summed E-state index contributed by atoms with van der Waals surface area (Å²) in [5, 5.41) is 3.57. The number of amides is 2. The molecule has 6 rings (SSSR count). The van der Waals surface area contributed by atoms with E-state index in [1.807, 2.05) is 72.8 Å². The van der Waals surface area contributed by atoms with Crippen molar-refractivity contribution < 1.29 is 18.8 Å². The van der Waals surface area contributed by atoms with Crippen LogP contribution in [0, 0.1) is 11.7 Å². The molecule has 4 aromatic rings. The van der Waals surface area contributed by atoms with E-state index in [9.17, 15) is 14.0 Å². The Morgan fingerprint density at radius 2 is 1.53 bits per heavy atom. The molecule has 2 aliphatic rings. The average molecular weight is 473 g/mol. The molecule has 2 heterocycles. The summed E-state index contributed by atoms with van der Waals surface area (Å²) in [6.07, 6.45) is -1.03. The fraction of sp³-hybridized carbons (Fsp3) is 0.111. The van der Waals surface area contributed by atoms with Gasteiger partial charge in [-0.15, -0.1) is 0 Å². The lowest BCUT2D eigenvalue weighted by Crippen LogP contribution is -2.37. The topological polar surface area (TPSA) is 49.9 Å². The first-order valence-electron chi connectivity index (χ1n) is 10.9. The molecule has 2 amide bonds. The fourth-order valence-corrected chi connectivity index (χ4v) is 5.03. The van der Waals surface area contributed by atoms with Gasteiger partial charge in [-0.05, 0) is 46.7 Å². The van der Waals surface area contributed by atoms with Crippen LogP contribution in [0.15, 0.2) is 91.0 Å². The summed E-state index contributed by atoms with van der Waals surface area (Å²) >= 11 is 5.81. The third kappa shape index (κ3) is 3.10. The monoisotopic (exact) mass is 472 g/mol. The van der Waals surface area contributed by atoms with Crippen LogP contribution >= 0.6 is 11.6 Å². The van der Waals surface area contributed by atoms with Gasteiger partial charge >= 0.3 is 0 Å². The van der Waals surface area contributed by atoms with Gasteiger partial charge in [-0.2, -0.15) is 0 Å². The molecule has 7 heteroatoms. The summed E-state index contributed by atoms with van der Waals surface area (Å²) in [4.78, 5) is 34.3. The third-order valence-electron chi connectivity index (χ3n) is 6.43. The first kappa shape index (κ1) is 20.8. The molecular formula is C27H18ClFN2O3. The average Bonchev–Trinajstić information content (AvgIpc) is 3.37. The number of imide groups is 1. The molecule has 2 aliphatic heterocycles. The minimum absolute atomic E-state index is 0.0804. The molecule has 4 aromatic carbocycles. The number of hydroxylamine groups is 1. The highest BCUT2D eigenvalue weighted by Crippen LogP contribution is 2.49. The minimum Gasteiger partial charge on any atom is -0.273 e. The van der Waals surface area contributed by atoms with Gasteiger partial charge in [0.05, 0.1) is 22.4 Å². The number of halogens is 2. The van der Waals surface area contributed by atoms with E-state index in [2.05, 4.69) is 0 Å². The van der Waals surface area contributed by atoms with Gasteiger partial charge in [0.25, 0.3) is 5.91 Å². The quantitative estimate of drug-likeness (QED) is 0.360. The van der Waals surface area contributed by atoms with E-state index in [1.54, 1.807) is 5.06 Å². The number of benzene rings is 4. The molecule has 168 valence electrons. The molecule has 2 saturated heterocycles. The molecule has 34 heavy (non-hydrogen) atoms. The highest BCUT2D eigenvalue weighted by molar-refractivity contribution is 6.31. The van der Waals surface area contributed by atoms with E-state index in [-0.39, 0.29) is 10.7 Å². The SMILES string of the molecule is O=C1C2ON(c3ccccc3)C(c3cccc4ccccc34)C2C(=O)N1c1ccc(Cl)c(F)c1. The van der Waals surface area contributed by atoms with Crippen molar-refractivity contribution in [2.24, 2.45) is 5.92 Å². The Bertz CT molecular complexity index is 1440. The van der Waals surface area contributed by atoms with E-state index in [4.69, 9.17) is 16.4 Å². The maximum absolute atomic E-state index is 14.2. The summed E-state index contributed by atoms with van der Waals surface area (Å²) in [5.41, 5.74) is 1.75. The maximum Gasteiger partial charge on any atom is 0.266 e. The number of carbonyl (C=O) groups excluding carboxylic acids is 2. The van der Waals surface area contributed by atoms with E-state index in [1.165, 1.54) is 12.1 Å². The van der Waals surface area contributed by atoms with Crippen LogP contribution in [-0.2, 0) is 14.4 Å². The van der Waals surface area contributed by atoms with Gasteiger partial charge in [-0.3, -0.25) is 14.4 Å². The third-order valence-corrected chi connectivity index (χ3v) is 6.74. The van der Waals surface area contributed by atoms with Crippen LogP contribution in [0.5, 0.6) is 0 Å². The van der Waals surface area contributed by atoms with E-state index < -0.39 is 35.7 Å². The number of hydrogen-bond acceptors (Lipinski definition) is 4. The number of para-hydroxylation sites is 1. The summed E-state index contributed by atoms with van der Waals surface area (Å²) in [5.74, 6) is -2.47. The van der Waals surface area contributed by atoms with Gasteiger partial charge in [0.15, 0.2) is 6.10 Å². The zero-order valence-corrected chi connectivity index (χ0v) is 18.5. The lowest BCUT2D eigenvalue weighted by Gasteiger charge is -2.29. The summed E-state index contributed by atoms with van der Waals surface area (Å²) in [7, 11) is 0. The molecule has 0 N–H and O–H groups in total. The first-order valence-corrected chi connectivity index (χ1v) is 11.2. The van der Waals surface area contributed by atoms with Crippen LogP contribution < -0.4 is 9.96 Å². The molecule has 0 saturated carbocycles. The second-order valence-electron chi connectivity index (χ2n) is 8.34. The highest BCUT2D eigenvalue weighted by atomic mass is 35.5. The number of rotatable bonds is 3. The molecule has 0 spiro atoms. The summed E-state index contributed by atoms with van der Waals surface area (Å²) < 4.78 is 14.2. The van der Waals surface area contributed by atoms with Crippen molar-refractivity contribution in [2.45, 2.75) is 12.1 Å². The number of hydrogen-bond donors (Lipinski definition) is 0. The van der Waals surface area contributed by atoms with Crippen LogP contribution in [0.25, 0.3) is 10.8 Å². The number of fused-ring (bicyclic) bond motifs is 2. The van der Waals surface area contributed by atoms with Crippen molar-refractivity contribution in [3.8, 4) is 0 Å². The van der Waals surface area contributed by atoms with Crippen LogP contribution in [0.4, 0.5) is 15.8 Å². The van der Waals surface area contributed by atoms with Gasteiger partial charge in [0, 0.05) is 0 Å². The van der Waals surface area contributed by atoms with E-state index in [0.717, 1.165) is 33.0 Å². The van der Waals surface area contributed by atoms with Crippen LogP contribution in [-0.4, -0.2) is 17.9 Å². The van der Waals surface area contributed by atoms with Crippen LogP contribution in [0.3, 0.4) is 0 Å². The molecule has 3 atom stereocenters. The fourth-order valence-electron chi connectivity index (χ4n) is 4.92. The lowest BCUT2D eigenvalue weighted by atomic mass is 9.87. The first-order chi connectivity index (χ1) is 16.5. The lowest BCUT2D eigenvalue weighted by molar-refractivity contribution is -0.126. The Hall–Kier alpha value is -3.74. The van der Waals surface area contributed by atoms with Crippen molar-refractivity contribution >= 4 is 45.6 Å². The Balaban J connectivity index is 1.50. The predicted molar refractivity (Wildman–Crippen MR) is 128 cm³/mol. The Kier molecular flexibility index (Phi) is 4.86. The van der Waals surface area contributed by atoms with Crippen molar-refractivity contribution in [1.82, 2.24) is 0 Å². The van der Waals surface area contributed by atoms with Gasteiger partial charge < -0.3 is 0 Å². The Morgan fingerprint density at radius 1 is 0.794 bits per heavy atom. The molecule has 0 bridgehead atoms. The molecule has 3 unspecified atom stereocenters. The van der Waals surface area contributed by atoms with Crippen molar-refractivity contribution in [2.75, 3.05) is 9.96 Å². The summed E-state index contributed by atoms with van der Waals surface area (Å²) in [6, 6.07) is 26.5. The second-order valence-corrected chi connectivity index (χ2v) is 8.74. The molecule has 0 aliphatic carbocycles. The molecule has 0 radical (unpaired) electrons. The smallest absolute Gasteiger partial charge is 0.266 e. The van der Waals surface area contributed by atoms with Crippen LogP contribution in [0.1, 0.15) is 11.6 Å². The number of anilines is 2. The van der Waals surface area contributed by atoms with Gasteiger partial charge in [-0.1, -0.05) is 72.3 Å². The van der Waals surface area contributed by atoms with Crippen molar-refractivity contribution in [3.05, 3.63) is 107 Å². The second kappa shape index (κ2) is 7.94. The van der Waals surface area contributed by atoms with Crippen molar-refractivity contribution in [3.63, 3.8) is 0 Å². The highest BCUT2D eigenvalue weighted by Gasteiger charge is 2.60. The largest absolute Gasteiger partial charge is 0.273 e. The van der Waals surface area contributed by atoms with Gasteiger partial charge in [0.2, 0.25) is 5.91 Å². The number of carbonyl (C=O) groups is 2.